The summed E-state index contributed by atoms with van der Waals surface area (Å²) < 4.78 is 7.45. The van der Waals surface area contributed by atoms with E-state index in [1.54, 1.807) is 42.3 Å². The van der Waals surface area contributed by atoms with E-state index in [0.717, 1.165) is 10.2 Å². The van der Waals surface area contributed by atoms with E-state index in [1.807, 2.05) is 0 Å². The number of ether oxygens (including phenoxy) is 1. The first kappa shape index (κ1) is 11.8. The van der Waals surface area contributed by atoms with E-state index < -0.39 is 0 Å². The van der Waals surface area contributed by atoms with Gasteiger partial charge < -0.3 is 4.74 Å². The highest BCUT2D eigenvalue weighted by Gasteiger charge is 2.10. The van der Waals surface area contributed by atoms with Crippen molar-refractivity contribution in [2.75, 3.05) is 6.61 Å². The van der Waals surface area contributed by atoms with E-state index >= 15 is 0 Å². The Hall–Kier alpha value is -1.69. The summed E-state index contributed by atoms with van der Waals surface area (Å²) in [7, 11) is 0. The number of benzene rings is 1. The molecule has 1 aromatic carbocycles. The second-order valence-corrected chi connectivity index (χ2v) is 4.11. The molecule has 17 heavy (non-hydrogen) atoms. The van der Waals surface area contributed by atoms with Crippen LogP contribution in [0.15, 0.2) is 35.3 Å². The van der Waals surface area contributed by atoms with Crippen molar-refractivity contribution in [2.45, 2.75) is 6.92 Å². The van der Waals surface area contributed by atoms with Gasteiger partial charge in [-0.3, -0.25) is 4.57 Å². The number of rotatable bonds is 3. The number of hydrogen-bond donors (Lipinski definition) is 0. The van der Waals surface area contributed by atoms with E-state index in [4.69, 9.17) is 4.74 Å². The normalized spacial score (nSPS) is 10.2. The lowest BCUT2D eigenvalue weighted by Crippen LogP contribution is -2.05. The number of hydrogen-bond acceptors (Lipinski definition) is 4. The molecule has 0 aliphatic carbocycles. The maximum Gasteiger partial charge on any atom is 0.338 e. The topological polar surface area (TPSA) is 57.0 Å². The predicted octanol–water partition coefficient (Wildman–Crippen LogP) is 2.21. The van der Waals surface area contributed by atoms with Gasteiger partial charge in [-0.15, -0.1) is 10.2 Å². The molecule has 0 spiro atoms. The van der Waals surface area contributed by atoms with Crippen LogP contribution >= 0.6 is 15.9 Å². The predicted molar refractivity (Wildman–Crippen MR) is 65.0 cm³/mol. The fourth-order valence-electron chi connectivity index (χ4n) is 1.38. The van der Waals surface area contributed by atoms with Crippen molar-refractivity contribution in [3.8, 4) is 5.69 Å². The van der Waals surface area contributed by atoms with Crippen molar-refractivity contribution < 1.29 is 9.53 Å². The molecule has 0 fully saturated rings. The fourth-order valence-corrected chi connectivity index (χ4v) is 1.97. The van der Waals surface area contributed by atoms with Crippen molar-refractivity contribution in [2.24, 2.45) is 0 Å². The fraction of sp³-hybridized carbons (Fsp3) is 0.182. The number of esters is 1. The van der Waals surface area contributed by atoms with Crippen LogP contribution in [-0.2, 0) is 4.74 Å². The Kier molecular flexibility index (Phi) is 3.53. The Labute approximate surface area is 107 Å². The number of nitrogens with zero attached hydrogens (tertiary/aromatic N) is 3. The standard InChI is InChI=1S/C11H10BrN3O2/c1-2-17-11(16)8-3-4-10(9(12)5-8)15-6-13-14-7-15/h3-7H,2H2,1H3. The van der Waals surface area contributed by atoms with Crippen LogP contribution in [0.5, 0.6) is 0 Å². The minimum atomic E-state index is -0.330. The molecular weight excluding hydrogens is 286 g/mol. The zero-order valence-electron chi connectivity index (χ0n) is 9.13. The van der Waals surface area contributed by atoms with Crippen molar-refractivity contribution >= 4 is 21.9 Å². The Morgan fingerprint density at radius 1 is 1.41 bits per heavy atom. The zero-order valence-corrected chi connectivity index (χ0v) is 10.7. The summed E-state index contributed by atoms with van der Waals surface area (Å²) >= 11 is 3.40. The first-order chi connectivity index (χ1) is 8.22. The summed E-state index contributed by atoms with van der Waals surface area (Å²) in [4.78, 5) is 11.5. The van der Waals surface area contributed by atoms with Gasteiger partial charge in [0.15, 0.2) is 0 Å². The van der Waals surface area contributed by atoms with Crippen LogP contribution in [0.4, 0.5) is 0 Å². The van der Waals surface area contributed by atoms with Gasteiger partial charge in [-0.05, 0) is 41.1 Å². The molecule has 1 aromatic heterocycles. The molecule has 0 unspecified atom stereocenters. The molecule has 1 heterocycles. The Bertz CT molecular complexity index is 526. The molecule has 0 saturated carbocycles. The molecule has 2 aromatic rings. The summed E-state index contributed by atoms with van der Waals surface area (Å²) in [6.07, 6.45) is 3.17. The molecule has 0 aliphatic rings. The highest BCUT2D eigenvalue weighted by Crippen LogP contribution is 2.22. The molecule has 0 saturated heterocycles. The number of aromatic nitrogens is 3. The van der Waals surface area contributed by atoms with Gasteiger partial charge >= 0.3 is 5.97 Å². The molecule has 6 heteroatoms. The second-order valence-electron chi connectivity index (χ2n) is 3.26. The zero-order chi connectivity index (χ0) is 12.3. The molecule has 0 amide bonds. The number of carbonyl (C=O) groups excluding carboxylic acids is 1. The lowest BCUT2D eigenvalue weighted by Gasteiger charge is -2.07. The van der Waals surface area contributed by atoms with E-state index in [1.165, 1.54) is 0 Å². The molecule has 2 rings (SSSR count). The molecule has 88 valence electrons. The highest BCUT2D eigenvalue weighted by molar-refractivity contribution is 9.10. The van der Waals surface area contributed by atoms with E-state index in [0.29, 0.717) is 12.2 Å². The Morgan fingerprint density at radius 2 is 2.12 bits per heavy atom. The van der Waals surface area contributed by atoms with Crippen molar-refractivity contribution in [1.82, 2.24) is 14.8 Å². The molecule has 0 aliphatic heterocycles. The van der Waals surface area contributed by atoms with Gasteiger partial charge in [-0.25, -0.2) is 4.79 Å². The van der Waals surface area contributed by atoms with Gasteiger partial charge in [0.25, 0.3) is 0 Å². The van der Waals surface area contributed by atoms with Gasteiger partial charge in [-0.1, -0.05) is 0 Å². The van der Waals surface area contributed by atoms with E-state index in [2.05, 4.69) is 26.1 Å². The van der Waals surface area contributed by atoms with E-state index in [9.17, 15) is 4.79 Å². The van der Waals surface area contributed by atoms with Gasteiger partial charge in [-0.2, -0.15) is 0 Å². The van der Waals surface area contributed by atoms with Crippen molar-refractivity contribution in [3.63, 3.8) is 0 Å². The first-order valence-electron chi connectivity index (χ1n) is 5.04. The van der Waals surface area contributed by atoms with Crippen LogP contribution < -0.4 is 0 Å². The third-order valence-corrected chi connectivity index (χ3v) is 2.79. The maximum atomic E-state index is 11.5. The second kappa shape index (κ2) is 5.09. The monoisotopic (exact) mass is 295 g/mol. The molecule has 0 radical (unpaired) electrons. The summed E-state index contributed by atoms with van der Waals surface area (Å²) in [6, 6.07) is 5.23. The lowest BCUT2D eigenvalue weighted by atomic mass is 10.2. The third-order valence-electron chi connectivity index (χ3n) is 2.16. The first-order valence-corrected chi connectivity index (χ1v) is 5.83. The minimum absolute atomic E-state index is 0.330. The SMILES string of the molecule is CCOC(=O)c1ccc(-n2cnnc2)c(Br)c1. The summed E-state index contributed by atoms with van der Waals surface area (Å²) in [5.41, 5.74) is 1.37. The smallest absolute Gasteiger partial charge is 0.338 e. The van der Waals surface area contributed by atoms with Crippen LogP contribution in [0, 0.1) is 0 Å². The average Bonchev–Trinajstić information content (AvgIpc) is 2.82. The van der Waals surface area contributed by atoms with Gasteiger partial charge in [0.2, 0.25) is 0 Å². The minimum Gasteiger partial charge on any atom is -0.462 e. The third kappa shape index (κ3) is 2.52. The lowest BCUT2D eigenvalue weighted by molar-refractivity contribution is 0.0526. The number of halogens is 1. The van der Waals surface area contributed by atoms with Crippen LogP contribution in [-0.4, -0.2) is 27.3 Å². The molecule has 0 bridgehead atoms. The molecule has 0 N–H and O–H groups in total. The van der Waals surface area contributed by atoms with Crippen LogP contribution in [0.1, 0.15) is 17.3 Å². The van der Waals surface area contributed by atoms with Crippen LogP contribution in [0.3, 0.4) is 0 Å². The molecule has 0 atom stereocenters. The summed E-state index contributed by atoms with van der Waals surface area (Å²) in [6.45, 7) is 2.14. The summed E-state index contributed by atoms with van der Waals surface area (Å²) in [5.74, 6) is -0.330. The van der Waals surface area contributed by atoms with Gasteiger partial charge in [0, 0.05) is 4.47 Å². The summed E-state index contributed by atoms with van der Waals surface area (Å²) in [5, 5.41) is 7.45. The Morgan fingerprint density at radius 3 is 2.71 bits per heavy atom. The largest absolute Gasteiger partial charge is 0.462 e. The molecular formula is C11H10BrN3O2. The maximum absolute atomic E-state index is 11.5. The van der Waals surface area contributed by atoms with Crippen LogP contribution in [0.2, 0.25) is 0 Å². The van der Waals surface area contributed by atoms with Gasteiger partial charge in [0.1, 0.15) is 12.7 Å². The van der Waals surface area contributed by atoms with E-state index in [-0.39, 0.29) is 5.97 Å². The van der Waals surface area contributed by atoms with Gasteiger partial charge in [0.05, 0.1) is 17.9 Å². The van der Waals surface area contributed by atoms with Crippen LogP contribution in [0.25, 0.3) is 5.69 Å². The number of carbonyl (C=O) groups is 1. The highest BCUT2D eigenvalue weighted by atomic mass is 79.9. The average molecular weight is 296 g/mol. The quantitative estimate of drug-likeness (QED) is 0.815. The Balaban J connectivity index is 2.32. The molecule has 5 nitrogen and oxygen atoms in total. The van der Waals surface area contributed by atoms with Crippen molar-refractivity contribution in [3.05, 3.63) is 40.9 Å². The van der Waals surface area contributed by atoms with Crippen molar-refractivity contribution in [1.29, 1.82) is 0 Å².